The summed E-state index contributed by atoms with van der Waals surface area (Å²) in [5.41, 5.74) is 3.75. The Balaban J connectivity index is 1.85. The van der Waals surface area contributed by atoms with Crippen molar-refractivity contribution in [3.8, 4) is 11.5 Å². The van der Waals surface area contributed by atoms with Crippen molar-refractivity contribution in [1.82, 2.24) is 5.43 Å². The van der Waals surface area contributed by atoms with Gasteiger partial charge in [-0.15, -0.1) is 0 Å². The number of hydrazine groups is 1. The first-order valence-electron chi connectivity index (χ1n) is 6.38. The maximum absolute atomic E-state index is 6.03. The number of fused-ring (bicyclic) bond motifs is 1. The van der Waals surface area contributed by atoms with Gasteiger partial charge in [0, 0.05) is 5.02 Å². The maximum Gasteiger partial charge on any atom is 0.161 e. The fraction of sp³-hybridized carbons (Fsp3) is 0.200. The fourth-order valence-corrected chi connectivity index (χ4v) is 2.52. The van der Waals surface area contributed by atoms with E-state index in [4.69, 9.17) is 26.9 Å². The van der Waals surface area contributed by atoms with Gasteiger partial charge in [0.05, 0.1) is 6.04 Å². The normalized spacial score (nSPS) is 18.6. The zero-order valence-electron chi connectivity index (χ0n) is 10.8. The number of benzene rings is 2. The molecule has 1 aliphatic rings. The van der Waals surface area contributed by atoms with Crippen LogP contribution >= 0.6 is 11.6 Å². The molecule has 0 radical (unpaired) electrons. The van der Waals surface area contributed by atoms with E-state index in [2.05, 4.69) is 5.43 Å². The quantitative estimate of drug-likeness (QED) is 0.674. The first-order chi connectivity index (χ1) is 9.78. The minimum atomic E-state index is -0.214. The van der Waals surface area contributed by atoms with Gasteiger partial charge in [-0.1, -0.05) is 35.9 Å². The van der Waals surface area contributed by atoms with Crippen LogP contribution in [-0.2, 0) is 0 Å². The summed E-state index contributed by atoms with van der Waals surface area (Å²) in [6.45, 7) is 0.429. The molecule has 2 unspecified atom stereocenters. The molecule has 2 aromatic rings. The fourth-order valence-electron chi connectivity index (χ4n) is 2.32. The van der Waals surface area contributed by atoms with Crippen molar-refractivity contribution in [2.75, 3.05) is 6.61 Å². The van der Waals surface area contributed by atoms with Gasteiger partial charge in [0.2, 0.25) is 0 Å². The third kappa shape index (κ3) is 2.58. The van der Waals surface area contributed by atoms with Crippen LogP contribution in [0.15, 0.2) is 48.5 Å². The zero-order valence-corrected chi connectivity index (χ0v) is 11.5. The summed E-state index contributed by atoms with van der Waals surface area (Å²) >= 11 is 6.03. The van der Waals surface area contributed by atoms with E-state index in [-0.39, 0.29) is 12.1 Å². The largest absolute Gasteiger partial charge is 0.486 e. The van der Waals surface area contributed by atoms with E-state index >= 15 is 0 Å². The van der Waals surface area contributed by atoms with Crippen LogP contribution in [0.25, 0.3) is 0 Å². The number of hydrogen-bond acceptors (Lipinski definition) is 4. The highest BCUT2D eigenvalue weighted by Crippen LogP contribution is 2.34. The minimum absolute atomic E-state index is 0.193. The number of hydrogen-bond donors (Lipinski definition) is 2. The van der Waals surface area contributed by atoms with Crippen molar-refractivity contribution >= 4 is 11.6 Å². The van der Waals surface area contributed by atoms with E-state index in [1.807, 2.05) is 48.5 Å². The van der Waals surface area contributed by atoms with Gasteiger partial charge < -0.3 is 9.47 Å². The SMILES string of the molecule is NNC(c1cccc(Cl)c1)C1COc2ccccc2O1. The first-order valence-corrected chi connectivity index (χ1v) is 6.76. The van der Waals surface area contributed by atoms with Crippen molar-refractivity contribution in [3.63, 3.8) is 0 Å². The number of halogens is 1. The summed E-state index contributed by atoms with van der Waals surface area (Å²) in [4.78, 5) is 0. The highest BCUT2D eigenvalue weighted by Gasteiger charge is 2.29. The van der Waals surface area contributed by atoms with Crippen LogP contribution < -0.4 is 20.7 Å². The van der Waals surface area contributed by atoms with Crippen molar-refractivity contribution in [1.29, 1.82) is 0 Å². The Kier molecular flexibility index (Phi) is 3.78. The van der Waals surface area contributed by atoms with Gasteiger partial charge in [-0.25, -0.2) is 5.43 Å². The maximum atomic E-state index is 6.03. The van der Waals surface area contributed by atoms with E-state index in [1.54, 1.807) is 0 Å². The van der Waals surface area contributed by atoms with Gasteiger partial charge in [0.25, 0.3) is 0 Å². The third-order valence-corrected chi connectivity index (χ3v) is 3.52. The molecule has 2 atom stereocenters. The molecular weight excluding hydrogens is 276 g/mol. The van der Waals surface area contributed by atoms with E-state index in [1.165, 1.54) is 0 Å². The molecule has 1 aliphatic heterocycles. The Labute approximate surface area is 122 Å². The van der Waals surface area contributed by atoms with Crippen LogP contribution in [0, 0.1) is 0 Å². The molecular formula is C15H15ClN2O2. The second kappa shape index (κ2) is 5.71. The Hall–Kier alpha value is -1.75. The third-order valence-electron chi connectivity index (χ3n) is 3.29. The van der Waals surface area contributed by atoms with Gasteiger partial charge in [0.15, 0.2) is 17.6 Å². The average molecular weight is 291 g/mol. The zero-order chi connectivity index (χ0) is 13.9. The lowest BCUT2D eigenvalue weighted by molar-refractivity contribution is 0.0617. The molecule has 0 saturated heterocycles. The molecule has 0 fully saturated rings. The van der Waals surface area contributed by atoms with Crippen LogP contribution in [0.5, 0.6) is 11.5 Å². The second-order valence-corrected chi connectivity index (χ2v) is 5.05. The van der Waals surface area contributed by atoms with Crippen LogP contribution in [0.3, 0.4) is 0 Å². The second-order valence-electron chi connectivity index (χ2n) is 4.61. The van der Waals surface area contributed by atoms with E-state index in [0.29, 0.717) is 11.6 Å². The summed E-state index contributed by atoms with van der Waals surface area (Å²) in [6, 6.07) is 14.9. The van der Waals surface area contributed by atoms with Crippen LogP contribution in [0.1, 0.15) is 11.6 Å². The Bertz CT molecular complexity index is 606. The van der Waals surface area contributed by atoms with Crippen LogP contribution in [-0.4, -0.2) is 12.7 Å². The van der Waals surface area contributed by atoms with Gasteiger partial charge in [-0.3, -0.25) is 5.84 Å². The average Bonchev–Trinajstić information content (AvgIpc) is 2.48. The molecule has 4 nitrogen and oxygen atoms in total. The predicted molar refractivity (Wildman–Crippen MR) is 77.9 cm³/mol. The van der Waals surface area contributed by atoms with Gasteiger partial charge >= 0.3 is 0 Å². The lowest BCUT2D eigenvalue weighted by Gasteiger charge is -2.32. The first kappa shape index (κ1) is 13.2. The molecule has 3 N–H and O–H groups in total. The number of para-hydroxylation sites is 2. The van der Waals surface area contributed by atoms with Crippen LogP contribution in [0.4, 0.5) is 0 Å². The number of nitrogens with two attached hydrogens (primary N) is 1. The molecule has 0 saturated carbocycles. The summed E-state index contributed by atoms with van der Waals surface area (Å²) < 4.78 is 11.7. The number of rotatable bonds is 3. The molecule has 20 heavy (non-hydrogen) atoms. The Morgan fingerprint density at radius 2 is 1.95 bits per heavy atom. The topological polar surface area (TPSA) is 56.5 Å². The van der Waals surface area contributed by atoms with Gasteiger partial charge in [0.1, 0.15) is 6.61 Å². The molecule has 0 bridgehead atoms. The smallest absolute Gasteiger partial charge is 0.161 e. The molecule has 104 valence electrons. The summed E-state index contributed by atoms with van der Waals surface area (Å²) in [5.74, 6) is 7.16. The molecule has 5 heteroatoms. The monoisotopic (exact) mass is 290 g/mol. The molecule has 0 amide bonds. The lowest BCUT2D eigenvalue weighted by atomic mass is 10.0. The van der Waals surface area contributed by atoms with Crippen molar-refractivity contribution in [2.24, 2.45) is 5.84 Å². The number of ether oxygens (including phenoxy) is 2. The lowest BCUT2D eigenvalue weighted by Crippen LogP contribution is -2.44. The standard InChI is InChI=1S/C15H15ClN2O2/c16-11-5-3-4-10(8-11)15(18-17)14-9-19-12-6-1-2-7-13(12)20-14/h1-8,14-15,18H,9,17H2. The van der Waals surface area contributed by atoms with E-state index in [9.17, 15) is 0 Å². The predicted octanol–water partition coefficient (Wildman–Crippen LogP) is 2.68. The summed E-state index contributed by atoms with van der Waals surface area (Å²) in [6.07, 6.45) is -0.214. The summed E-state index contributed by atoms with van der Waals surface area (Å²) in [5, 5.41) is 0.667. The summed E-state index contributed by atoms with van der Waals surface area (Å²) in [7, 11) is 0. The molecule has 3 rings (SSSR count). The molecule has 0 aliphatic carbocycles. The highest BCUT2D eigenvalue weighted by molar-refractivity contribution is 6.30. The van der Waals surface area contributed by atoms with Crippen LogP contribution in [0.2, 0.25) is 5.02 Å². The van der Waals surface area contributed by atoms with Crippen molar-refractivity contribution in [3.05, 3.63) is 59.1 Å². The van der Waals surface area contributed by atoms with Crippen molar-refractivity contribution < 1.29 is 9.47 Å². The molecule has 2 aromatic carbocycles. The molecule has 0 aromatic heterocycles. The van der Waals surface area contributed by atoms with E-state index in [0.717, 1.165) is 17.1 Å². The highest BCUT2D eigenvalue weighted by atomic mass is 35.5. The van der Waals surface area contributed by atoms with Crippen molar-refractivity contribution in [2.45, 2.75) is 12.1 Å². The van der Waals surface area contributed by atoms with E-state index < -0.39 is 0 Å². The van der Waals surface area contributed by atoms with Gasteiger partial charge in [-0.05, 0) is 29.8 Å². The number of nitrogens with one attached hydrogen (secondary N) is 1. The Morgan fingerprint density at radius 3 is 2.70 bits per heavy atom. The Morgan fingerprint density at radius 1 is 1.15 bits per heavy atom. The molecule has 1 heterocycles. The van der Waals surface area contributed by atoms with Gasteiger partial charge in [-0.2, -0.15) is 0 Å². The minimum Gasteiger partial charge on any atom is -0.486 e. The molecule has 0 spiro atoms.